The summed E-state index contributed by atoms with van der Waals surface area (Å²) < 4.78 is 18.5. The molecule has 1 aromatic heterocycles. The summed E-state index contributed by atoms with van der Waals surface area (Å²) in [5.74, 6) is -1.27. The molecule has 1 heterocycles. The molecule has 2 aromatic rings. The van der Waals surface area contributed by atoms with Crippen molar-refractivity contribution in [3.8, 4) is 5.75 Å². The topological polar surface area (TPSA) is 93.2 Å². The van der Waals surface area contributed by atoms with Crippen molar-refractivity contribution in [3.05, 3.63) is 65.1 Å². The number of carbonyl (C=O) groups excluding carboxylic acids is 2. The summed E-state index contributed by atoms with van der Waals surface area (Å²) in [4.78, 5) is 31.7. The van der Waals surface area contributed by atoms with Gasteiger partial charge in [0.15, 0.2) is 6.61 Å². The highest BCUT2D eigenvalue weighted by Crippen LogP contribution is 2.20. The third-order valence-electron chi connectivity index (χ3n) is 3.30. The van der Waals surface area contributed by atoms with E-state index in [1.54, 1.807) is 6.92 Å². The minimum absolute atomic E-state index is 0.0288. The van der Waals surface area contributed by atoms with Crippen molar-refractivity contribution >= 4 is 23.4 Å². The largest absolute Gasteiger partial charge is 0.484 e. The molecular weight excluding hydrogens is 375 g/mol. The van der Waals surface area contributed by atoms with Crippen LogP contribution in [-0.4, -0.2) is 34.9 Å². The monoisotopic (exact) mass is 392 g/mol. The summed E-state index contributed by atoms with van der Waals surface area (Å²) in [5, 5.41) is 5.16. The van der Waals surface area contributed by atoms with Crippen LogP contribution in [0.3, 0.4) is 0 Å². The van der Waals surface area contributed by atoms with Crippen molar-refractivity contribution in [2.75, 3.05) is 13.2 Å². The number of nitrogens with one attached hydrogen (secondary N) is 2. The molecule has 27 heavy (non-hydrogen) atoms. The highest BCUT2D eigenvalue weighted by Gasteiger charge is 2.09. The number of ether oxygens (including phenoxy) is 1. The number of aryl methyl sites for hydroxylation is 1. The summed E-state index contributed by atoms with van der Waals surface area (Å²) in [6.07, 6.45) is 3.21. The van der Waals surface area contributed by atoms with Crippen molar-refractivity contribution < 1.29 is 18.7 Å². The fourth-order valence-corrected chi connectivity index (χ4v) is 2.06. The maximum atomic E-state index is 13.3. The number of carbonyl (C=O) groups is 2. The Hall–Kier alpha value is -3.00. The lowest BCUT2D eigenvalue weighted by Gasteiger charge is -2.10. The van der Waals surface area contributed by atoms with E-state index >= 15 is 0 Å². The van der Waals surface area contributed by atoms with Gasteiger partial charge in [0.25, 0.3) is 11.8 Å². The van der Waals surface area contributed by atoms with Gasteiger partial charge < -0.3 is 15.4 Å². The fourth-order valence-electron chi connectivity index (χ4n) is 1.94. The zero-order valence-electron chi connectivity index (χ0n) is 14.6. The molecule has 2 rings (SSSR count). The first-order valence-electron chi connectivity index (χ1n) is 7.97. The SMILES string of the molecule is C=C(CCNC(=O)c1cnc(C)cn1)NC(=O)COc1ccc(Cl)c(F)c1. The van der Waals surface area contributed by atoms with Crippen LogP contribution in [0.1, 0.15) is 22.6 Å². The van der Waals surface area contributed by atoms with Crippen LogP contribution in [0.5, 0.6) is 5.75 Å². The molecule has 0 fully saturated rings. The molecule has 1 aromatic carbocycles. The second-order valence-corrected chi connectivity index (χ2v) is 5.97. The minimum atomic E-state index is -0.631. The Morgan fingerprint density at radius 3 is 2.74 bits per heavy atom. The van der Waals surface area contributed by atoms with Crippen molar-refractivity contribution in [1.29, 1.82) is 0 Å². The van der Waals surface area contributed by atoms with E-state index in [-0.39, 0.29) is 35.5 Å². The summed E-state index contributed by atoms with van der Waals surface area (Å²) in [5.41, 5.74) is 1.33. The van der Waals surface area contributed by atoms with E-state index in [1.165, 1.54) is 24.5 Å². The normalized spacial score (nSPS) is 10.2. The van der Waals surface area contributed by atoms with Crippen LogP contribution in [0.2, 0.25) is 5.02 Å². The van der Waals surface area contributed by atoms with Crippen molar-refractivity contribution in [3.63, 3.8) is 0 Å². The van der Waals surface area contributed by atoms with E-state index in [9.17, 15) is 14.0 Å². The number of hydrogen-bond acceptors (Lipinski definition) is 5. The Balaban J connectivity index is 1.68. The number of hydrogen-bond donors (Lipinski definition) is 2. The van der Waals surface area contributed by atoms with Gasteiger partial charge in [-0.1, -0.05) is 18.2 Å². The molecule has 7 nitrogen and oxygen atoms in total. The van der Waals surface area contributed by atoms with Gasteiger partial charge in [-0.2, -0.15) is 0 Å². The molecular formula is C18H18ClFN4O3. The number of amides is 2. The highest BCUT2D eigenvalue weighted by atomic mass is 35.5. The predicted molar refractivity (Wildman–Crippen MR) is 97.9 cm³/mol. The molecule has 0 aliphatic heterocycles. The van der Waals surface area contributed by atoms with Crippen LogP contribution in [0.25, 0.3) is 0 Å². The summed E-state index contributed by atoms with van der Waals surface area (Å²) in [6, 6.07) is 3.88. The Morgan fingerprint density at radius 2 is 2.07 bits per heavy atom. The van der Waals surface area contributed by atoms with Crippen LogP contribution in [0.15, 0.2) is 42.9 Å². The van der Waals surface area contributed by atoms with E-state index in [4.69, 9.17) is 16.3 Å². The zero-order chi connectivity index (χ0) is 19.8. The molecule has 2 amide bonds. The highest BCUT2D eigenvalue weighted by molar-refractivity contribution is 6.30. The van der Waals surface area contributed by atoms with Crippen LogP contribution in [0, 0.1) is 12.7 Å². The molecule has 0 aliphatic carbocycles. The Labute approximate surface area is 160 Å². The van der Waals surface area contributed by atoms with Crippen molar-refractivity contribution in [1.82, 2.24) is 20.6 Å². The van der Waals surface area contributed by atoms with Gasteiger partial charge in [0.05, 0.1) is 16.9 Å². The fraction of sp³-hybridized carbons (Fsp3) is 0.222. The molecule has 0 saturated heterocycles. The van der Waals surface area contributed by atoms with Crippen molar-refractivity contribution in [2.24, 2.45) is 0 Å². The number of aromatic nitrogens is 2. The predicted octanol–water partition coefficient (Wildman–Crippen LogP) is 2.41. The molecule has 0 atom stereocenters. The number of halogens is 2. The van der Waals surface area contributed by atoms with Gasteiger partial charge in [0.1, 0.15) is 17.3 Å². The quantitative estimate of drug-likeness (QED) is 0.719. The van der Waals surface area contributed by atoms with Crippen molar-refractivity contribution in [2.45, 2.75) is 13.3 Å². The molecule has 9 heteroatoms. The van der Waals surface area contributed by atoms with Gasteiger partial charge in [-0.25, -0.2) is 9.37 Å². The average Bonchev–Trinajstić information content (AvgIpc) is 2.63. The maximum Gasteiger partial charge on any atom is 0.271 e. The second kappa shape index (κ2) is 9.63. The lowest BCUT2D eigenvalue weighted by molar-refractivity contribution is -0.122. The number of nitrogens with zero attached hydrogens (tertiary/aromatic N) is 2. The van der Waals surface area contributed by atoms with Gasteiger partial charge in [0.2, 0.25) is 0 Å². The van der Waals surface area contributed by atoms with Crippen LogP contribution in [-0.2, 0) is 4.79 Å². The molecule has 2 N–H and O–H groups in total. The van der Waals surface area contributed by atoms with E-state index in [1.807, 2.05) is 0 Å². The minimum Gasteiger partial charge on any atom is -0.484 e. The van der Waals surface area contributed by atoms with Crippen LogP contribution in [0.4, 0.5) is 4.39 Å². The van der Waals surface area contributed by atoms with Gasteiger partial charge in [-0.15, -0.1) is 0 Å². The van der Waals surface area contributed by atoms with Gasteiger partial charge in [-0.3, -0.25) is 14.6 Å². The molecule has 0 saturated carbocycles. The molecule has 0 radical (unpaired) electrons. The molecule has 142 valence electrons. The first-order valence-corrected chi connectivity index (χ1v) is 8.35. The molecule has 0 bridgehead atoms. The first-order chi connectivity index (χ1) is 12.8. The standard InChI is InChI=1S/C18H18ClFN4O3/c1-11(5-6-21-18(26)16-9-22-12(2)8-23-16)24-17(25)10-27-13-3-4-14(19)15(20)7-13/h3-4,7-9H,1,5-6,10H2,2H3,(H,21,26)(H,24,25). The number of rotatable bonds is 8. The van der Waals surface area contributed by atoms with E-state index < -0.39 is 11.7 Å². The smallest absolute Gasteiger partial charge is 0.271 e. The van der Waals surface area contributed by atoms with Crippen LogP contribution >= 0.6 is 11.6 Å². The molecule has 0 aliphatic rings. The summed E-state index contributed by atoms with van der Waals surface area (Å²) >= 11 is 5.57. The summed E-state index contributed by atoms with van der Waals surface area (Å²) in [7, 11) is 0. The Kier molecular flexibility index (Phi) is 7.25. The van der Waals surface area contributed by atoms with E-state index in [0.29, 0.717) is 17.8 Å². The second-order valence-electron chi connectivity index (χ2n) is 5.57. The van der Waals surface area contributed by atoms with E-state index in [0.717, 1.165) is 6.07 Å². The lowest BCUT2D eigenvalue weighted by Crippen LogP contribution is -2.31. The third kappa shape index (κ3) is 6.67. The average molecular weight is 393 g/mol. The molecule has 0 spiro atoms. The Bertz CT molecular complexity index is 843. The first kappa shape index (κ1) is 20.3. The van der Waals surface area contributed by atoms with E-state index in [2.05, 4.69) is 27.2 Å². The lowest BCUT2D eigenvalue weighted by atomic mass is 10.3. The summed E-state index contributed by atoms with van der Waals surface area (Å²) in [6.45, 7) is 5.43. The van der Waals surface area contributed by atoms with Gasteiger partial charge in [0, 0.05) is 30.9 Å². The zero-order valence-corrected chi connectivity index (χ0v) is 15.3. The maximum absolute atomic E-state index is 13.3. The Morgan fingerprint density at radius 1 is 1.30 bits per heavy atom. The third-order valence-corrected chi connectivity index (χ3v) is 3.61. The molecule has 0 unspecified atom stereocenters. The van der Waals surface area contributed by atoms with Gasteiger partial charge >= 0.3 is 0 Å². The number of benzene rings is 1. The van der Waals surface area contributed by atoms with Gasteiger partial charge in [-0.05, 0) is 19.1 Å². The van der Waals surface area contributed by atoms with Crippen LogP contribution < -0.4 is 15.4 Å².